The first kappa shape index (κ1) is 11.8. The number of carboxylic acids is 1. The Kier molecular flexibility index (Phi) is 4.10. The van der Waals surface area contributed by atoms with Crippen LogP contribution in [0.4, 0.5) is 0 Å². The number of ether oxygens (including phenoxy) is 1. The second-order valence-corrected chi connectivity index (χ2v) is 2.98. The van der Waals surface area contributed by atoms with E-state index < -0.39 is 5.97 Å². The van der Waals surface area contributed by atoms with Gasteiger partial charge >= 0.3 is 5.97 Å². The van der Waals surface area contributed by atoms with Crippen molar-refractivity contribution in [2.24, 2.45) is 0 Å². The monoisotopic (exact) mass is 217 g/mol. The highest BCUT2D eigenvalue weighted by Crippen LogP contribution is 2.14. The molecule has 0 aromatic heterocycles. The topological polar surface area (TPSA) is 70.3 Å². The van der Waals surface area contributed by atoms with E-state index in [9.17, 15) is 4.79 Å². The molecule has 1 rings (SSSR count). The summed E-state index contributed by atoms with van der Waals surface area (Å²) in [7, 11) is 0. The molecule has 0 aliphatic heterocycles. The van der Waals surface area contributed by atoms with E-state index in [1.54, 1.807) is 30.3 Å². The van der Waals surface area contributed by atoms with Crippen LogP contribution in [0.2, 0.25) is 0 Å². The molecule has 0 aliphatic carbocycles. The van der Waals surface area contributed by atoms with E-state index in [0.29, 0.717) is 17.9 Å². The highest BCUT2D eigenvalue weighted by Gasteiger charge is 2.05. The minimum atomic E-state index is -1.23. The number of hydrogen-bond donors (Lipinski definition) is 1. The van der Waals surface area contributed by atoms with Crippen molar-refractivity contribution < 1.29 is 14.6 Å². The number of nitrogens with zero attached hydrogens (tertiary/aromatic N) is 1. The Morgan fingerprint density at radius 3 is 2.56 bits per heavy atom. The second kappa shape index (κ2) is 5.56. The predicted octanol–water partition coefficient (Wildman–Crippen LogP) is 2.08. The molecule has 1 aromatic carbocycles. The van der Waals surface area contributed by atoms with Crippen LogP contribution >= 0.6 is 0 Å². The molecule has 1 N–H and O–H groups in total. The van der Waals surface area contributed by atoms with E-state index in [2.05, 4.69) is 0 Å². The fourth-order valence-electron chi connectivity index (χ4n) is 1.14. The maximum atomic E-state index is 10.6. The maximum Gasteiger partial charge on any atom is 0.346 e. The van der Waals surface area contributed by atoms with Gasteiger partial charge in [0.05, 0.1) is 6.61 Å². The molecular weight excluding hydrogens is 206 g/mol. The summed E-state index contributed by atoms with van der Waals surface area (Å²) >= 11 is 0. The molecule has 0 saturated carbocycles. The predicted molar refractivity (Wildman–Crippen MR) is 58.8 cm³/mol. The summed E-state index contributed by atoms with van der Waals surface area (Å²) in [5.74, 6) is -0.509. The summed E-state index contributed by atoms with van der Waals surface area (Å²) in [6, 6.07) is 8.48. The lowest BCUT2D eigenvalue weighted by Crippen LogP contribution is -1.97. The molecule has 0 atom stereocenters. The van der Waals surface area contributed by atoms with E-state index in [-0.39, 0.29) is 5.57 Å². The van der Waals surface area contributed by atoms with Crippen LogP contribution in [0.3, 0.4) is 0 Å². The highest BCUT2D eigenvalue weighted by atomic mass is 16.5. The Morgan fingerprint density at radius 2 is 2.12 bits per heavy atom. The molecule has 4 heteroatoms. The third-order valence-corrected chi connectivity index (χ3v) is 1.85. The van der Waals surface area contributed by atoms with E-state index in [4.69, 9.17) is 15.1 Å². The molecule has 0 saturated heterocycles. The van der Waals surface area contributed by atoms with Crippen molar-refractivity contribution in [1.29, 1.82) is 5.26 Å². The van der Waals surface area contributed by atoms with Gasteiger partial charge in [0, 0.05) is 0 Å². The number of nitriles is 1. The first-order chi connectivity index (χ1) is 7.67. The van der Waals surface area contributed by atoms with Gasteiger partial charge in [-0.1, -0.05) is 12.1 Å². The standard InChI is InChI=1S/C12H11NO3/c1-2-16-11-5-3-9(4-6-11)7-10(8-13)12(14)15/h3-7H,2H2,1H3,(H,14,15). The molecule has 0 unspecified atom stereocenters. The average molecular weight is 217 g/mol. The molecule has 82 valence electrons. The number of benzene rings is 1. The molecule has 0 fully saturated rings. The Bertz CT molecular complexity index is 440. The Labute approximate surface area is 93.4 Å². The molecule has 16 heavy (non-hydrogen) atoms. The van der Waals surface area contributed by atoms with E-state index in [1.807, 2.05) is 6.92 Å². The number of hydrogen-bond acceptors (Lipinski definition) is 3. The summed E-state index contributed by atoms with van der Waals surface area (Å²) in [5, 5.41) is 17.2. The number of rotatable bonds is 4. The minimum absolute atomic E-state index is 0.288. The van der Waals surface area contributed by atoms with Crippen molar-refractivity contribution in [2.45, 2.75) is 6.92 Å². The molecule has 4 nitrogen and oxygen atoms in total. The summed E-state index contributed by atoms with van der Waals surface area (Å²) in [6.07, 6.45) is 1.32. The summed E-state index contributed by atoms with van der Waals surface area (Å²) in [4.78, 5) is 10.6. The maximum absolute atomic E-state index is 10.6. The van der Waals surface area contributed by atoms with Gasteiger partial charge in [0.25, 0.3) is 0 Å². The van der Waals surface area contributed by atoms with E-state index in [1.165, 1.54) is 6.08 Å². The number of carboxylic acid groups (broad SMARTS) is 1. The fraction of sp³-hybridized carbons (Fsp3) is 0.167. The lowest BCUT2D eigenvalue weighted by atomic mass is 10.1. The Hall–Kier alpha value is -2.28. The lowest BCUT2D eigenvalue weighted by Gasteiger charge is -2.02. The summed E-state index contributed by atoms with van der Waals surface area (Å²) < 4.78 is 5.24. The smallest absolute Gasteiger partial charge is 0.346 e. The molecule has 1 aromatic rings. The normalized spacial score (nSPS) is 10.6. The summed E-state index contributed by atoms with van der Waals surface area (Å²) in [5.41, 5.74) is 0.367. The van der Waals surface area contributed by atoms with Gasteiger partial charge in [-0.25, -0.2) is 4.79 Å². The number of carbonyl (C=O) groups is 1. The van der Waals surface area contributed by atoms with Crippen LogP contribution in [0, 0.1) is 11.3 Å². The fourth-order valence-corrected chi connectivity index (χ4v) is 1.14. The molecule has 0 bridgehead atoms. The molecule has 0 aliphatic rings. The molecule has 0 heterocycles. The molecule has 0 spiro atoms. The summed E-state index contributed by atoms with van der Waals surface area (Å²) in [6.45, 7) is 2.46. The van der Waals surface area contributed by atoms with Gasteiger partial charge in [0.15, 0.2) is 0 Å². The van der Waals surface area contributed by atoms with Crippen LogP contribution in [0.25, 0.3) is 6.08 Å². The average Bonchev–Trinajstić information content (AvgIpc) is 2.28. The zero-order chi connectivity index (χ0) is 12.0. The molecular formula is C12H11NO3. The second-order valence-electron chi connectivity index (χ2n) is 2.98. The van der Waals surface area contributed by atoms with Crippen LogP contribution in [0.15, 0.2) is 29.8 Å². The quantitative estimate of drug-likeness (QED) is 0.619. The van der Waals surface area contributed by atoms with Crippen molar-refractivity contribution in [1.82, 2.24) is 0 Å². The Balaban J connectivity index is 2.90. The van der Waals surface area contributed by atoms with Crippen molar-refractivity contribution in [3.8, 4) is 11.8 Å². The van der Waals surface area contributed by atoms with Gasteiger partial charge in [-0.3, -0.25) is 0 Å². The molecule has 0 amide bonds. The van der Waals surface area contributed by atoms with Gasteiger partial charge in [-0.15, -0.1) is 0 Å². The number of aliphatic carboxylic acids is 1. The van der Waals surface area contributed by atoms with Crippen LogP contribution in [-0.2, 0) is 4.79 Å². The van der Waals surface area contributed by atoms with Gasteiger partial charge in [0.1, 0.15) is 17.4 Å². The van der Waals surface area contributed by atoms with Gasteiger partial charge in [0.2, 0.25) is 0 Å². The largest absolute Gasteiger partial charge is 0.494 e. The minimum Gasteiger partial charge on any atom is -0.494 e. The Morgan fingerprint density at radius 1 is 1.50 bits per heavy atom. The van der Waals surface area contributed by atoms with Crippen molar-refractivity contribution >= 4 is 12.0 Å². The van der Waals surface area contributed by atoms with Gasteiger partial charge in [-0.05, 0) is 30.7 Å². The van der Waals surface area contributed by atoms with Crippen molar-refractivity contribution in [2.75, 3.05) is 6.61 Å². The SMILES string of the molecule is CCOc1ccc(C=C(C#N)C(=O)O)cc1. The third-order valence-electron chi connectivity index (χ3n) is 1.85. The van der Waals surface area contributed by atoms with E-state index in [0.717, 1.165) is 0 Å². The van der Waals surface area contributed by atoms with Crippen LogP contribution in [0.1, 0.15) is 12.5 Å². The third kappa shape index (κ3) is 3.14. The van der Waals surface area contributed by atoms with Crippen molar-refractivity contribution in [3.63, 3.8) is 0 Å². The lowest BCUT2D eigenvalue weighted by molar-refractivity contribution is -0.132. The zero-order valence-electron chi connectivity index (χ0n) is 8.80. The van der Waals surface area contributed by atoms with Crippen molar-refractivity contribution in [3.05, 3.63) is 35.4 Å². The van der Waals surface area contributed by atoms with Crippen LogP contribution < -0.4 is 4.74 Å². The molecule has 0 radical (unpaired) electrons. The zero-order valence-corrected chi connectivity index (χ0v) is 8.80. The van der Waals surface area contributed by atoms with E-state index >= 15 is 0 Å². The first-order valence-electron chi connectivity index (χ1n) is 4.75. The highest BCUT2D eigenvalue weighted by molar-refractivity contribution is 5.96. The van der Waals surface area contributed by atoms with Crippen LogP contribution in [0.5, 0.6) is 5.75 Å². The van der Waals surface area contributed by atoms with Gasteiger partial charge < -0.3 is 9.84 Å². The van der Waals surface area contributed by atoms with Crippen LogP contribution in [-0.4, -0.2) is 17.7 Å². The van der Waals surface area contributed by atoms with Gasteiger partial charge in [-0.2, -0.15) is 5.26 Å². The first-order valence-corrected chi connectivity index (χ1v) is 4.75.